The Balaban J connectivity index is 2.56. The van der Waals surface area contributed by atoms with Crippen molar-refractivity contribution in [1.82, 2.24) is 4.98 Å². The van der Waals surface area contributed by atoms with Gasteiger partial charge in [0.1, 0.15) is 0 Å². The molecule has 0 aliphatic heterocycles. The monoisotopic (exact) mass is 216 g/mol. The Morgan fingerprint density at radius 1 is 1.31 bits per heavy atom. The number of aromatic nitrogens is 1. The van der Waals surface area contributed by atoms with Gasteiger partial charge in [0.05, 0.1) is 0 Å². The van der Waals surface area contributed by atoms with Gasteiger partial charge in [-0.05, 0) is 25.1 Å². The Morgan fingerprint density at radius 2 is 2.12 bits per heavy atom. The highest BCUT2D eigenvalue weighted by Crippen LogP contribution is 2.28. The average Bonchev–Trinajstić information content (AvgIpc) is 2.28. The first-order chi connectivity index (χ1) is 7.72. The van der Waals surface area contributed by atoms with Gasteiger partial charge in [0, 0.05) is 47.1 Å². The smallest absolute Gasteiger partial charge is 0.0423 e. The zero-order valence-electron chi connectivity index (χ0n) is 9.33. The summed E-state index contributed by atoms with van der Waals surface area (Å²) in [4.78, 5) is 4.26. The van der Waals surface area contributed by atoms with Crippen molar-refractivity contribution in [3.63, 3.8) is 0 Å². The summed E-state index contributed by atoms with van der Waals surface area (Å²) < 4.78 is 0. The molecule has 0 aliphatic rings. The molecule has 4 nitrogen and oxygen atoms in total. The van der Waals surface area contributed by atoms with E-state index in [-0.39, 0.29) is 0 Å². The Kier molecular flexibility index (Phi) is 2.92. The van der Waals surface area contributed by atoms with E-state index in [0.29, 0.717) is 6.54 Å². The summed E-state index contributed by atoms with van der Waals surface area (Å²) in [6, 6.07) is 5.90. The quantitative estimate of drug-likeness (QED) is 0.679. The molecule has 0 saturated carbocycles. The molecule has 0 bridgehead atoms. The van der Waals surface area contributed by atoms with Crippen molar-refractivity contribution in [2.45, 2.75) is 6.92 Å². The number of anilines is 2. The minimum atomic E-state index is 0.607. The maximum Gasteiger partial charge on any atom is 0.0423 e. The van der Waals surface area contributed by atoms with E-state index in [4.69, 9.17) is 11.5 Å². The topological polar surface area (TPSA) is 77.0 Å². The van der Waals surface area contributed by atoms with Crippen molar-refractivity contribution in [1.29, 1.82) is 0 Å². The van der Waals surface area contributed by atoms with E-state index in [1.807, 2.05) is 31.3 Å². The molecule has 4 heteroatoms. The fourth-order valence-electron chi connectivity index (χ4n) is 1.73. The third kappa shape index (κ3) is 1.92. The Hall–Kier alpha value is -1.81. The van der Waals surface area contributed by atoms with Crippen molar-refractivity contribution in [3.8, 4) is 0 Å². The Bertz CT molecular complexity index is 508. The maximum atomic E-state index is 5.91. The molecule has 0 amide bonds. The van der Waals surface area contributed by atoms with Crippen molar-refractivity contribution in [2.75, 3.05) is 24.1 Å². The molecule has 0 aliphatic carbocycles. The standard InChI is InChI=1S/C12H16N4/c1-8-6-9-10(7-16-8)11(14)2-3-12(9)15-5-4-13/h2-3,6-7,15H,4-5,13-14H2,1H3. The predicted octanol–water partition coefficient (Wildman–Crippen LogP) is 1.50. The molecule has 1 heterocycles. The number of nitrogens with zero attached hydrogens (tertiary/aromatic N) is 1. The van der Waals surface area contributed by atoms with Crippen molar-refractivity contribution in [2.24, 2.45) is 5.73 Å². The van der Waals surface area contributed by atoms with Crippen LogP contribution in [0.15, 0.2) is 24.4 Å². The van der Waals surface area contributed by atoms with Gasteiger partial charge in [0.25, 0.3) is 0 Å². The van der Waals surface area contributed by atoms with Crippen LogP contribution in [0.2, 0.25) is 0 Å². The number of nitrogens with one attached hydrogen (secondary N) is 1. The van der Waals surface area contributed by atoms with E-state index < -0.39 is 0 Å². The number of aryl methyl sites for hydroxylation is 1. The first-order valence-corrected chi connectivity index (χ1v) is 5.31. The van der Waals surface area contributed by atoms with Crippen LogP contribution in [-0.2, 0) is 0 Å². The SMILES string of the molecule is Cc1cc2c(NCCN)ccc(N)c2cn1. The van der Waals surface area contributed by atoms with Crippen LogP contribution in [0.3, 0.4) is 0 Å². The molecule has 0 radical (unpaired) electrons. The molecule has 0 fully saturated rings. The van der Waals surface area contributed by atoms with Crippen molar-refractivity contribution < 1.29 is 0 Å². The Morgan fingerprint density at radius 3 is 2.88 bits per heavy atom. The highest BCUT2D eigenvalue weighted by atomic mass is 14.9. The lowest BCUT2D eigenvalue weighted by Gasteiger charge is -2.10. The van der Waals surface area contributed by atoms with Gasteiger partial charge in [-0.25, -0.2) is 0 Å². The highest BCUT2D eigenvalue weighted by molar-refractivity contribution is 6.00. The summed E-state index contributed by atoms with van der Waals surface area (Å²) in [6.07, 6.45) is 1.81. The number of pyridine rings is 1. The van der Waals surface area contributed by atoms with Gasteiger partial charge in [-0.3, -0.25) is 4.98 Å². The fourth-order valence-corrected chi connectivity index (χ4v) is 1.73. The van der Waals surface area contributed by atoms with Gasteiger partial charge in [-0.2, -0.15) is 0 Å². The normalized spacial score (nSPS) is 10.6. The van der Waals surface area contributed by atoms with Crippen LogP contribution in [0.5, 0.6) is 0 Å². The van der Waals surface area contributed by atoms with Gasteiger partial charge in [-0.15, -0.1) is 0 Å². The molecule has 2 aromatic rings. The summed E-state index contributed by atoms with van der Waals surface area (Å²) >= 11 is 0. The number of hydrogen-bond donors (Lipinski definition) is 3. The molecule has 0 unspecified atom stereocenters. The lowest BCUT2D eigenvalue weighted by atomic mass is 10.1. The van der Waals surface area contributed by atoms with Gasteiger partial charge >= 0.3 is 0 Å². The molecule has 0 spiro atoms. The second kappa shape index (κ2) is 4.37. The highest BCUT2D eigenvalue weighted by Gasteiger charge is 2.04. The fraction of sp³-hybridized carbons (Fsp3) is 0.250. The number of rotatable bonds is 3. The van der Waals surface area contributed by atoms with Gasteiger partial charge in [-0.1, -0.05) is 0 Å². The van der Waals surface area contributed by atoms with E-state index in [0.717, 1.165) is 34.4 Å². The van der Waals surface area contributed by atoms with Crippen LogP contribution >= 0.6 is 0 Å². The molecule has 0 atom stereocenters. The molecular formula is C12H16N4. The summed E-state index contributed by atoms with van der Waals surface area (Å²) in [5.74, 6) is 0. The van der Waals surface area contributed by atoms with E-state index in [1.54, 1.807) is 0 Å². The molecule has 1 aromatic carbocycles. The molecule has 2 rings (SSSR count). The molecule has 84 valence electrons. The van der Waals surface area contributed by atoms with Crippen molar-refractivity contribution in [3.05, 3.63) is 30.1 Å². The van der Waals surface area contributed by atoms with E-state index >= 15 is 0 Å². The molecule has 0 saturated heterocycles. The predicted molar refractivity (Wildman–Crippen MR) is 68.4 cm³/mol. The molecule has 1 aromatic heterocycles. The van der Waals surface area contributed by atoms with E-state index in [2.05, 4.69) is 10.3 Å². The minimum absolute atomic E-state index is 0.607. The largest absolute Gasteiger partial charge is 0.398 e. The number of nitrogens with two attached hydrogens (primary N) is 2. The summed E-state index contributed by atoms with van der Waals surface area (Å²) in [5.41, 5.74) is 14.2. The van der Waals surface area contributed by atoms with Crippen LogP contribution in [-0.4, -0.2) is 18.1 Å². The maximum absolute atomic E-state index is 5.91. The molecular weight excluding hydrogens is 200 g/mol. The van der Waals surface area contributed by atoms with Crippen LogP contribution in [0.4, 0.5) is 11.4 Å². The van der Waals surface area contributed by atoms with E-state index in [9.17, 15) is 0 Å². The average molecular weight is 216 g/mol. The summed E-state index contributed by atoms with van der Waals surface area (Å²) in [6.45, 7) is 3.33. The summed E-state index contributed by atoms with van der Waals surface area (Å²) in [5, 5.41) is 5.36. The zero-order valence-corrected chi connectivity index (χ0v) is 9.33. The molecule has 5 N–H and O–H groups in total. The Labute approximate surface area is 94.7 Å². The van der Waals surface area contributed by atoms with E-state index in [1.165, 1.54) is 0 Å². The van der Waals surface area contributed by atoms with Gasteiger partial charge in [0.2, 0.25) is 0 Å². The minimum Gasteiger partial charge on any atom is -0.398 e. The third-order valence-electron chi connectivity index (χ3n) is 2.53. The lowest BCUT2D eigenvalue weighted by molar-refractivity contribution is 1.03. The third-order valence-corrected chi connectivity index (χ3v) is 2.53. The van der Waals surface area contributed by atoms with Gasteiger partial charge in [0.15, 0.2) is 0 Å². The first kappa shape index (κ1) is 10.7. The van der Waals surface area contributed by atoms with Crippen molar-refractivity contribution >= 4 is 22.1 Å². The van der Waals surface area contributed by atoms with Crippen LogP contribution in [0, 0.1) is 6.92 Å². The first-order valence-electron chi connectivity index (χ1n) is 5.31. The number of fused-ring (bicyclic) bond motifs is 1. The van der Waals surface area contributed by atoms with Crippen LogP contribution in [0.25, 0.3) is 10.8 Å². The summed E-state index contributed by atoms with van der Waals surface area (Å²) in [7, 11) is 0. The number of hydrogen-bond acceptors (Lipinski definition) is 4. The second-order valence-electron chi connectivity index (χ2n) is 3.79. The van der Waals surface area contributed by atoms with Crippen LogP contribution in [0.1, 0.15) is 5.69 Å². The second-order valence-corrected chi connectivity index (χ2v) is 3.79. The zero-order chi connectivity index (χ0) is 11.5. The number of nitrogen functional groups attached to an aromatic ring is 1. The molecule has 16 heavy (non-hydrogen) atoms. The van der Waals surface area contributed by atoms with Crippen LogP contribution < -0.4 is 16.8 Å². The number of benzene rings is 1. The lowest BCUT2D eigenvalue weighted by Crippen LogP contribution is -2.13. The van der Waals surface area contributed by atoms with Gasteiger partial charge < -0.3 is 16.8 Å².